The van der Waals surface area contributed by atoms with Crippen molar-refractivity contribution in [1.82, 2.24) is 20.4 Å². The second-order valence-corrected chi connectivity index (χ2v) is 3.88. The molecule has 17 heavy (non-hydrogen) atoms. The summed E-state index contributed by atoms with van der Waals surface area (Å²) in [6, 6.07) is 0. The number of nitrogens with one attached hydrogen (secondary N) is 2. The Kier molecular flexibility index (Phi) is 3.44. The van der Waals surface area contributed by atoms with Gasteiger partial charge in [0.1, 0.15) is 0 Å². The molecule has 0 radical (unpaired) electrons. The molecule has 0 aliphatic carbocycles. The zero-order valence-electron chi connectivity index (χ0n) is 8.60. The lowest BCUT2D eigenvalue weighted by atomic mass is 10.4. The first-order valence-electron chi connectivity index (χ1n) is 4.61. The van der Waals surface area contributed by atoms with Gasteiger partial charge in [0.15, 0.2) is 10.8 Å². The maximum atomic E-state index is 11.6. The van der Waals surface area contributed by atoms with E-state index in [0.29, 0.717) is 11.7 Å². The molecule has 8 heteroatoms. The van der Waals surface area contributed by atoms with E-state index in [-0.39, 0.29) is 11.6 Å². The summed E-state index contributed by atoms with van der Waals surface area (Å²) >= 11 is 1.27. The maximum Gasteiger partial charge on any atom is 0.279 e. The van der Waals surface area contributed by atoms with E-state index in [1.54, 1.807) is 6.20 Å². The van der Waals surface area contributed by atoms with Crippen LogP contribution in [0.4, 0.5) is 5.13 Å². The summed E-state index contributed by atoms with van der Waals surface area (Å²) in [5.41, 5.74) is 5.45. The molecular weight excluding hydrogens is 240 g/mol. The highest BCUT2D eigenvalue weighted by Crippen LogP contribution is 2.17. The van der Waals surface area contributed by atoms with Gasteiger partial charge in [-0.1, -0.05) is 23.2 Å². The SMILES string of the molecule is NCC#Cc1cnc(NC(=O)c2cn[nH]n2)s1. The second kappa shape index (κ2) is 5.20. The number of carbonyl (C=O) groups is 1. The lowest BCUT2D eigenvalue weighted by molar-refractivity contribution is 0.102. The lowest BCUT2D eigenvalue weighted by Gasteiger charge is -1.95. The fraction of sp³-hybridized carbons (Fsp3) is 0.111. The van der Waals surface area contributed by atoms with Crippen molar-refractivity contribution in [1.29, 1.82) is 0 Å². The van der Waals surface area contributed by atoms with Crippen molar-refractivity contribution in [2.75, 3.05) is 11.9 Å². The molecule has 4 N–H and O–H groups in total. The minimum Gasteiger partial charge on any atom is -0.320 e. The Morgan fingerprint density at radius 3 is 3.18 bits per heavy atom. The Balaban J connectivity index is 2.04. The number of nitrogens with zero attached hydrogens (tertiary/aromatic N) is 3. The molecule has 0 spiro atoms. The van der Waals surface area contributed by atoms with Gasteiger partial charge in [0.2, 0.25) is 0 Å². The third kappa shape index (κ3) is 2.87. The summed E-state index contributed by atoms with van der Waals surface area (Å²) in [5.74, 6) is 5.17. The molecule has 0 saturated carbocycles. The normalized spacial score (nSPS) is 9.47. The van der Waals surface area contributed by atoms with E-state index in [1.165, 1.54) is 17.5 Å². The molecule has 7 nitrogen and oxygen atoms in total. The smallest absolute Gasteiger partial charge is 0.279 e. The van der Waals surface area contributed by atoms with Gasteiger partial charge in [-0.15, -0.1) is 0 Å². The van der Waals surface area contributed by atoms with Crippen molar-refractivity contribution >= 4 is 22.4 Å². The number of anilines is 1. The molecule has 0 atom stereocenters. The number of rotatable bonds is 2. The summed E-state index contributed by atoms with van der Waals surface area (Å²) in [4.78, 5) is 16.3. The molecule has 86 valence electrons. The monoisotopic (exact) mass is 248 g/mol. The van der Waals surface area contributed by atoms with Gasteiger partial charge < -0.3 is 5.73 Å². The van der Waals surface area contributed by atoms with Crippen LogP contribution >= 0.6 is 11.3 Å². The lowest BCUT2D eigenvalue weighted by Crippen LogP contribution is -2.11. The number of hydrogen-bond acceptors (Lipinski definition) is 6. The van der Waals surface area contributed by atoms with Crippen LogP contribution in [0.25, 0.3) is 0 Å². The van der Waals surface area contributed by atoms with Gasteiger partial charge in [-0.3, -0.25) is 10.1 Å². The van der Waals surface area contributed by atoms with E-state index < -0.39 is 0 Å². The number of aromatic nitrogens is 4. The molecule has 2 rings (SSSR count). The summed E-state index contributed by atoms with van der Waals surface area (Å²) in [5, 5.41) is 12.6. The van der Waals surface area contributed by atoms with Crippen molar-refractivity contribution < 1.29 is 4.79 Å². The molecule has 0 unspecified atom stereocenters. The van der Waals surface area contributed by atoms with Crippen LogP contribution in [0.2, 0.25) is 0 Å². The van der Waals surface area contributed by atoms with E-state index >= 15 is 0 Å². The predicted molar refractivity (Wildman–Crippen MR) is 62.4 cm³/mol. The van der Waals surface area contributed by atoms with Crippen molar-refractivity contribution in [2.45, 2.75) is 0 Å². The topological polar surface area (TPSA) is 110 Å². The Hall–Kier alpha value is -2.24. The number of carbonyl (C=O) groups excluding carboxylic acids is 1. The van der Waals surface area contributed by atoms with Crippen LogP contribution in [0, 0.1) is 11.8 Å². The Morgan fingerprint density at radius 2 is 2.47 bits per heavy atom. The minimum absolute atomic E-state index is 0.204. The van der Waals surface area contributed by atoms with Crippen LogP contribution < -0.4 is 11.1 Å². The molecule has 1 amide bonds. The van der Waals surface area contributed by atoms with Gasteiger partial charge in [-0.05, 0) is 0 Å². The first-order valence-corrected chi connectivity index (χ1v) is 5.43. The molecule has 2 aromatic heterocycles. The number of aromatic amines is 1. The average molecular weight is 248 g/mol. The fourth-order valence-corrected chi connectivity index (χ4v) is 1.69. The van der Waals surface area contributed by atoms with Crippen LogP contribution in [0.5, 0.6) is 0 Å². The molecule has 0 aliphatic rings. The van der Waals surface area contributed by atoms with Crippen molar-refractivity contribution in [2.24, 2.45) is 5.73 Å². The first kappa shape index (κ1) is 11.3. The Morgan fingerprint density at radius 1 is 1.59 bits per heavy atom. The van der Waals surface area contributed by atoms with Crippen molar-refractivity contribution in [3.05, 3.63) is 23.0 Å². The summed E-state index contributed by atoms with van der Waals surface area (Å²) in [6.07, 6.45) is 2.91. The predicted octanol–water partition coefficient (Wildman–Crippen LogP) is -0.176. The number of H-pyrrole nitrogens is 1. The molecule has 0 bridgehead atoms. The van der Waals surface area contributed by atoms with Crippen LogP contribution in [-0.4, -0.2) is 32.8 Å². The van der Waals surface area contributed by atoms with Gasteiger partial charge in [0.05, 0.1) is 23.8 Å². The fourth-order valence-electron chi connectivity index (χ4n) is 1.00. The Labute approximate surface area is 100 Å². The third-order valence-electron chi connectivity index (χ3n) is 1.69. The third-order valence-corrected chi connectivity index (χ3v) is 2.52. The van der Waals surface area contributed by atoms with Gasteiger partial charge in [0.25, 0.3) is 5.91 Å². The second-order valence-electron chi connectivity index (χ2n) is 2.84. The summed E-state index contributed by atoms with van der Waals surface area (Å²) in [7, 11) is 0. The highest BCUT2D eigenvalue weighted by molar-refractivity contribution is 7.16. The molecule has 0 fully saturated rings. The van der Waals surface area contributed by atoms with E-state index in [9.17, 15) is 4.79 Å². The molecule has 0 aliphatic heterocycles. The first-order chi connectivity index (χ1) is 8.29. The minimum atomic E-state index is -0.369. The number of amides is 1. The standard InChI is InChI=1S/C9H8N6OS/c10-3-1-2-6-4-11-9(17-6)13-8(16)7-5-12-15-14-7/h4-5H,3,10H2,(H,11,13,16)(H,12,14,15). The number of nitrogens with two attached hydrogens (primary N) is 1. The van der Waals surface area contributed by atoms with E-state index in [4.69, 9.17) is 5.73 Å². The quantitative estimate of drug-likeness (QED) is 0.639. The van der Waals surface area contributed by atoms with Gasteiger partial charge in [-0.2, -0.15) is 15.4 Å². The van der Waals surface area contributed by atoms with E-state index in [0.717, 1.165) is 4.88 Å². The molecule has 2 heterocycles. The Bertz CT molecular complexity index is 564. The van der Waals surface area contributed by atoms with Crippen molar-refractivity contribution in [3.63, 3.8) is 0 Å². The van der Waals surface area contributed by atoms with Gasteiger partial charge in [0, 0.05) is 0 Å². The van der Waals surface area contributed by atoms with Crippen LogP contribution in [0.3, 0.4) is 0 Å². The van der Waals surface area contributed by atoms with Crippen LogP contribution in [0.1, 0.15) is 15.4 Å². The molecule has 0 aromatic carbocycles. The zero-order valence-corrected chi connectivity index (χ0v) is 9.41. The summed E-state index contributed by atoms with van der Waals surface area (Å²) in [6.45, 7) is 0.290. The number of thiazole rings is 1. The molecule has 0 saturated heterocycles. The summed E-state index contributed by atoms with van der Waals surface area (Å²) < 4.78 is 0. The van der Waals surface area contributed by atoms with E-state index in [1.807, 2.05) is 0 Å². The van der Waals surface area contributed by atoms with Gasteiger partial charge >= 0.3 is 0 Å². The number of hydrogen-bond donors (Lipinski definition) is 3. The zero-order chi connectivity index (χ0) is 12.1. The molecular formula is C9H8N6OS. The van der Waals surface area contributed by atoms with Gasteiger partial charge in [-0.25, -0.2) is 4.98 Å². The average Bonchev–Trinajstić information content (AvgIpc) is 2.97. The highest BCUT2D eigenvalue weighted by Gasteiger charge is 2.10. The van der Waals surface area contributed by atoms with Crippen LogP contribution in [-0.2, 0) is 0 Å². The van der Waals surface area contributed by atoms with E-state index in [2.05, 4.69) is 37.6 Å². The maximum absolute atomic E-state index is 11.6. The largest absolute Gasteiger partial charge is 0.320 e. The molecule has 2 aromatic rings. The van der Waals surface area contributed by atoms with Crippen LogP contribution in [0.15, 0.2) is 12.4 Å². The van der Waals surface area contributed by atoms with Crippen molar-refractivity contribution in [3.8, 4) is 11.8 Å². The highest BCUT2D eigenvalue weighted by atomic mass is 32.1.